The largest absolute Gasteiger partial charge is 0.495 e. The zero-order chi connectivity index (χ0) is 25.3. The van der Waals surface area contributed by atoms with Gasteiger partial charge in [-0.25, -0.2) is 0 Å². The van der Waals surface area contributed by atoms with Gasteiger partial charge in [-0.15, -0.1) is 0 Å². The lowest BCUT2D eigenvalue weighted by Crippen LogP contribution is -2.30. The van der Waals surface area contributed by atoms with Crippen molar-refractivity contribution in [1.82, 2.24) is 4.90 Å². The van der Waals surface area contributed by atoms with Crippen LogP contribution in [0.3, 0.4) is 0 Å². The summed E-state index contributed by atoms with van der Waals surface area (Å²) < 4.78 is 27.2. The van der Waals surface area contributed by atoms with Crippen LogP contribution in [-0.4, -0.2) is 37.5 Å². The van der Waals surface area contributed by atoms with Crippen LogP contribution >= 0.6 is 0 Å². The summed E-state index contributed by atoms with van der Waals surface area (Å²) in [5, 5.41) is 2.75. The Labute approximate surface area is 208 Å². The maximum Gasteiger partial charge on any atom is 0.262 e. The number of benzene rings is 2. The van der Waals surface area contributed by atoms with Gasteiger partial charge in [0, 0.05) is 5.56 Å². The van der Waals surface area contributed by atoms with Crippen molar-refractivity contribution in [3.05, 3.63) is 96.3 Å². The lowest BCUT2D eigenvalue weighted by Gasteiger charge is -2.21. The van der Waals surface area contributed by atoms with Crippen LogP contribution in [0.4, 0.5) is 5.69 Å². The van der Waals surface area contributed by atoms with Crippen molar-refractivity contribution in [3.63, 3.8) is 0 Å². The normalized spacial score (nSPS) is 10.5. The summed E-state index contributed by atoms with van der Waals surface area (Å²) in [6, 6.07) is 19.0. The number of hydrogen-bond acceptors (Lipinski definition) is 7. The lowest BCUT2D eigenvalue weighted by molar-refractivity contribution is -0.118. The third-order valence-electron chi connectivity index (χ3n) is 5.29. The van der Waals surface area contributed by atoms with E-state index >= 15 is 0 Å². The molecular weight excluding hydrogens is 464 g/mol. The van der Waals surface area contributed by atoms with E-state index in [1.807, 2.05) is 6.07 Å². The summed E-state index contributed by atoms with van der Waals surface area (Å²) in [5.74, 6) is 1.85. The summed E-state index contributed by atoms with van der Waals surface area (Å²) in [6.07, 6.45) is 3.12. The molecule has 0 atom stereocenters. The molecule has 0 spiro atoms. The van der Waals surface area contributed by atoms with E-state index in [1.54, 1.807) is 78.1 Å². The maximum absolute atomic E-state index is 13.4. The Balaban J connectivity index is 1.45. The third kappa shape index (κ3) is 6.06. The van der Waals surface area contributed by atoms with Crippen LogP contribution in [0.25, 0.3) is 0 Å². The van der Waals surface area contributed by atoms with Crippen LogP contribution < -0.4 is 19.5 Å². The van der Waals surface area contributed by atoms with E-state index < -0.39 is 0 Å². The summed E-state index contributed by atoms with van der Waals surface area (Å²) in [4.78, 5) is 27.4. The minimum atomic E-state index is -0.371. The number of amides is 2. The summed E-state index contributed by atoms with van der Waals surface area (Å²) >= 11 is 0. The monoisotopic (exact) mass is 490 g/mol. The van der Waals surface area contributed by atoms with Gasteiger partial charge in [0.25, 0.3) is 11.8 Å². The number of furan rings is 2. The van der Waals surface area contributed by atoms with Crippen molar-refractivity contribution in [2.45, 2.75) is 13.1 Å². The molecule has 2 aromatic heterocycles. The highest BCUT2D eigenvalue weighted by atomic mass is 16.5. The molecule has 0 saturated heterocycles. The van der Waals surface area contributed by atoms with Gasteiger partial charge in [-0.2, -0.15) is 0 Å². The second kappa shape index (κ2) is 11.7. The van der Waals surface area contributed by atoms with E-state index in [2.05, 4.69) is 5.32 Å². The van der Waals surface area contributed by atoms with Crippen LogP contribution in [-0.2, 0) is 17.9 Å². The molecule has 186 valence electrons. The molecule has 0 fully saturated rings. The average molecular weight is 491 g/mol. The zero-order valence-corrected chi connectivity index (χ0v) is 19.9. The zero-order valence-electron chi connectivity index (χ0n) is 19.9. The molecule has 0 bridgehead atoms. The molecule has 0 saturated carbocycles. The highest BCUT2D eigenvalue weighted by molar-refractivity contribution is 5.95. The van der Waals surface area contributed by atoms with Gasteiger partial charge >= 0.3 is 0 Å². The van der Waals surface area contributed by atoms with Gasteiger partial charge < -0.3 is 33.3 Å². The van der Waals surface area contributed by atoms with Gasteiger partial charge in [-0.1, -0.05) is 12.1 Å². The van der Waals surface area contributed by atoms with Gasteiger partial charge in [0.2, 0.25) is 0 Å². The van der Waals surface area contributed by atoms with Crippen LogP contribution in [0, 0.1) is 0 Å². The molecule has 0 unspecified atom stereocenters. The highest BCUT2D eigenvalue weighted by Gasteiger charge is 2.21. The second-order valence-electron chi connectivity index (χ2n) is 7.72. The first-order chi connectivity index (χ1) is 17.6. The van der Waals surface area contributed by atoms with Crippen molar-refractivity contribution < 1.29 is 32.6 Å². The number of nitrogens with one attached hydrogen (secondary N) is 1. The molecule has 4 rings (SSSR count). The summed E-state index contributed by atoms with van der Waals surface area (Å²) in [5.41, 5.74) is 0.922. The Hall–Kier alpha value is -4.66. The van der Waals surface area contributed by atoms with Gasteiger partial charge in [-0.05, 0) is 54.6 Å². The first-order valence-corrected chi connectivity index (χ1v) is 11.1. The predicted octanol–water partition coefficient (Wildman–Crippen LogP) is 4.75. The fraction of sp³-hybridized carbons (Fsp3) is 0.185. The maximum atomic E-state index is 13.4. The Morgan fingerprint density at radius 2 is 1.47 bits per heavy atom. The summed E-state index contributed by atoms with van der Waals surface area (Å²) in [7, 11) is 2.99. The standard InChI is InChI=1S/C27H26N2O7/c1-32-23-10-4-3-9-22(23)28-26(30)18-36-24-12-11-19(15-25(24)33-2)27(31)29(16-20-7-5-13-34-20)17-21-8-6-14-35-21/h3-15H,16-18H2,1-2H3,(H,28,30). The predicted molar refractivity (Wildman–Crippen MR) is 131 cm³/mol. The topological polar surface area (TPSA) is 103 Å². The van der Waals surface area contributed by atoms with Crippen molar-refractivity contribution in [2.24, 2.45) is 0 Å². The Morgan fingerprint density at radius 1 is 0.806 bits per heavy atom. The number of carbonyl (C=O) groups excluding carboxylic acids is 2. The van der Waals surface area contributed by atoms with Crippen molar-refractivity contribution in [1.29, 1.82) is 0 Å². The Morgan fingerprint density at radius 3 is 2.08 bits per heavy atom. The third-order valence-corrected chi connectivity index (χ3v) is 5.29. The fourth-order valence-corrected chi connectivity index (χ4v) is 3.56. The molecule has 0 aliphatic carbocycles. The molecular formula is C27H26N2O7. The minimum Gasteiger partial charge on any atom is -0.495 e. The molecule has 36 heavy (non-hydrogen) atoms. The molecule has 0 radical (unpaired) electrons. The average Bonchev–Trinajstić information content (AvgIpc) is 3.61. The van der Waals surface area contributed by atoms with Crippen LogP contribution in [0.2, 0.25) is 0 Å². The quantitative estimate of drug-likeness (QED) is 0.324. The van der Waals surface area contributed by atoms with Gasteiger partial charge in [0.15, 0.2) is 18.1 Å². The second-order valence-corrected chi connectivity index (χ2v) is 7.72. The smallest absolute Gasteiger partial charge is 0.262 e. The molecule has 9 heteroatoms. The number of anilines is 1. The molecule has 4 aromatic rings. The molecule has 9 nitrogen and oxygen atoms in total. The number of ether oxygens (including phenoxy) is 3. The molecule has 2 aromatic carbocycles. The van der Waals surface area contributed by atoms with E-state index in [1.165, 1.54) is 14.2 Å². The first kappa shape index (κ1) is 24.5. The number of rotatable bonds is 11. The number of para-hydroxylation sites is 2. The molecule has 2 amide bonds. The number of carbonyl (C=O) groups is 2. The molecule has 2 heterocycles. The van der Waals surface area contributed by atoms with E-state index in [9.17, 15) is 9.59 Å². The fourth-order valence-electron chi connectivity index (χ4n) is 3.56. The van der Waals surface area contributed by atoms with Gasteiger partial charge in [0.05, 0.1) is 45.5 Å². The van der Waals surface area contributed by atoms with Crippen LogP contribution in [0.15, 0.2) is 88.1 Å². The minimum absolute atomic E-state index is 0.249. The lowest BCUT2D eigenvalue weighted by atomic mass is 10.1. The van der Waals surface area contributed by atoms with E-state index in [-0.39, 0.29) is 31.5 Å². The van der Waals surface area contributed by atoms with E-state index in [4.69, 9.17) is 23.0 Å². The first-order valence-electron chi connectivity index (χ1n) is 11.1. The summed E-state index contributed by atoms with van der Waals surface area (Å²) in [6.45, 7) is 0.261. The SMILES string of the molecule is COc1ccccc1NC(=O)COc1ccc(C(=O)N(Cc2ccco2)Cc2ccco2)cc1OC. The van der Waals surface area contributed by atoms with Crippen molar-refractivity contribution in [2.75, 3.05) is 26.1 Å². The highest BCUT2D eigenvalue weighted by Crippen LogP contribution is 2.29. The van der Waals surface area contributed by atoms with Crippen molar-refractivity contribution in [3.8, 4) is 17.2 Å². The molecule has 1 N–H and O–H groups in total. The van der Waals surface area contributed by atoms with Gasteiger partial charge in [0.1, 0.15) is 17.3 Å². The van der Waals surface area contributed by atoms with Gasteiger partial charge in [-0.3, -0.25) is 9.59 Å². The molecule has 0 aliphatic rings. The number of nitrogens with zero attached hydrogens (tertiary/aromatic N) is 1. The van der Waals surface area contributed by atoms with Crippen LogP contribution in [0.1, 0.15) is 21.9 Å². The Kier molecular flexibility index (Phi) is 7.92. The van der Waals surface area contributed by atoms with Crippen molar-refractivity contribution >= 4 is 17.5 Å². The molecule has 0 aliphatic heterocycles. The van der Waals surface area contributed by atoms with Crippen LogP contribution in [0.5, 0.6) is 17.2 Å². The Bertz CT molecular complexity index is 1250. The number of hydrogen-bond donors (Lipinski definition) is 1. The van der Waals surface area contributed by atoms with E-state index in [0.717, 1.165) is 0 Å². The van der Waals surface area contributed by atoms with E-state index in [0.29, 0.717) is 40.0 Å². The number of methoxy groups -OCH3 is 2.